The molecule has 0 saturated heterocycles. The van der Waals surface area contributed by atoms with Crippen molar-refractivity contribution in [1.82, 2.24) is 19.1 Å². The van der Waals surface area contributed by atoms with Crippen LogP contribution in [0.15, 0.2) is 42.9 Å². The highest BCUT2D eigenvalue weighted by atomic mass is 16.2. The minimum absolute atomic E-state index is 0.231. The Labute approximate surface area is 138 Å². The summed E-state index contributed by atoms with van der Waals surface area (Å²) in [4.78, 5) is 26.6. The molecule has 2 N–H and O–H groups in total. The summed E-state index contributed by atoms with van der Waals surface area (Å²) >= 11 is 0. The van der Waals surface area contributed by atoms with E-state index in [9.17, 15) is 9.59 Å². The predicted octanol–water partition coefficient (Wildman–Crippen LogP) is 0.725. The fraction of sp³-hybridized carbons (Fsp3) is 0.235. The number of aryl methyl sites for hydroxylation is 1. The fourth-order valence-electron chi connectivity index (χ4n) is 3.35. The predicted molar refractivity (Wildman–Crippen MR) is 87.2 cm³/mol. The van der Waals surface area contributed by atoms with Gasteiger partial charge in [-0.25, -0.2) is 4.52 Å². The van der Waals surface area contributed by atoms with Crippen LogP contribution in [0.4, 0.5) is 0 Å². The van der Waals surface area contributed by atoms with Crippen LogP contribution in [0.5, 0.6) is 0 Å². The van der Waals surface area contributed by atoms with Gasteiger partial charge in [0.1, 0.15) is 17.3 Å². The van der Waals surface area contributed by atoms with Crippen LogP contribution in [0.25, 0.3) is 5.65 Å². The molecule has 4 rings (SSSR count). The first kappa shape index (κ1) is 14.5. The van der Waals surface area contributed by atoms with Gasteiger partial charge in [-0.15, -0.1) is 0 Å². The minimum Gasteiger partial charge on any atom is -0.368 e. The van der Waals surface area contributed by atoms with Gasteiger partial charge in [0.2, 0.25) is 5.91 Å². The van der Waals surface area contributed by atoms with Gasteiger partial charge >= 0.3 is 0 Å². The average Bonchev–Trinajstić information content (AvgIpc) is 3.16. The van der Waals surface area contributed by atoms with Crippen molar-refractivity contribution < 1.29 is 9.59 Å². The first-order valence-electron chi connectivity index (χ1n) is 7.72. The van der Waals surface area contributed by atoms with E-state index in [1.807, 2.05) is 42.1 Å². The lowest BCUT2D eigenvalue weighted by atomic mass is 9.93. The molecule has 122 valence electrons. The highest BCUT2D eigenvalue weighted by Gasteiger charge is 2.35. The Bertz CT molecular complexity index is 955. The van der Waals surface area contributed by atoms with E-state index in [2.05, 4.69) is 5.10 Å². The fourth-order valence-corrected chi connectivity index (χ4v) is 3.35. The Morgan fingerprint density at radius 2 is 1.96 bits per heavy atom. The number of amides is 2. The van der Waals surface area contributed by atoms with E-state index in [-0.39, 0.29) is 5.91 Å². The number of nitrogens with zero attached hydrogens (tertiary/aromatic N) is 4. The third-order valence-corrected chi connectivity index (χ3v) is 4.60. The lowest BCUT2D eigenvalue weighted by Gasteiger charge is -2.34. The van der Waals surface area contributed by atoms with E-state index in [4.69, 9.17) is 5.73 Å². The van der Waals surface area contributed by atoms with Gasteiger partial charge in [-0.05, 0) is 11.1 Å². The van der Waals surface area contributed by atoms with Crippen LogP contribution >= 0.6 is 0 Å². The molecule has 3 aromatic rings. The van der Waals surface area contributed by atoms with Gasteiger partial charge in [0, 0.05) is 32.4 Å². The molecule has 1 aliphatic rings. The number of primary amides is 1. The van der Waals surface area contributed by atoms with Crippen LogP contribution in [0.1, 0.15) is 21.5 Å². The molecule has 1 aromatic carbocycles. The second kappa shape index (κ2) is 5.23. The molecule has 1 aliphatic heterocycles. The number of hydrogen-bond donors (Lipinski definition) is 1. The molecule has 0 aliphatic carbocycles. The molecule has 0 bridgehead atoms. The Morgan fingerprint density at radius 1 is 1.21 bits per heavy atom. The molecule has 7 heteroatoms. The maximum absolute atomic E-state index is 13.1. The van der Waals surface area contributed by atoms with E-state index in [0.29, 0.717) is 24.2 Å². The van der Waals surface area contributed by atoms with Gasteiger partial charge < -0.3 is 15.2 Å². The molecule has 1 atom stereocenters. The number of carbonyl (C=O) groups is 2. The Balaban J connectivity index is 1.77. The summed E-state index contributed by atoms with van der Waals surface area (Å²) in [5.74, 6) is -0.724. The molecule has 0 fully saturated rings. The van der Waals surface area contributed by atoms with E-state index in [1.54, 1.807) is 15.6 Å². The molecule has 7 nitrogen and oxygen atoms in total. The monoisotopic (exact) mass is 323 g/mol. The number of hydrogen-bond acceptors (Lipinski definition) is 3. The quantitative estimate of drug-likeness (QED) is 0.754. The van der Waals surface area contributed by atoms with Crippen LogP contribution in [0.3, 0.4) is 0 Å². The molecule has 3 heterocycles. The van der Waals surface area contributed by atoms with Crippen LogP contribution in [-0.4, -0.2) is 36.9 Å². The maximum atomic E-state index is 13.1. The second-order valence-electron chi connectivity index (χ2n) is 6.06. The number of benzene rings is 1. The van der Waals surface area contributed by atoms with Gasteiger partial charge in [0.05, 0.1) is 6.20 Å². The van der Waals surface area contributed by atoms with Gasteiger partial charge in [0.15, 0.2) is 0 Å². The Hall–Kier alpha value is -3.09. The molecule has 1 unspecified atom stereocenters. The molecule has 2 aromatic heterocycles. The van der Waals surface area contributed by atoms with E-state index in [1.165, 1.54) is 6.20 Å². The molecular weight excluding hydrogens is 306 g/mol. The number of fused-ring (bicyclic) bond motifs is 2. The summed E-state index contributed by atoms with van der Waals surface area (Å²) in [6, 6.07) is 7.16. The minimum atomic E-state index is -0.650. The van der Waals surface area contributed by atoms with E-state index < -0.39 is 11.9 Å². The van der Waals surface area contributed by atoms with Crippen LogP contribution in [0, 0.1) is 0 Å². The third-order valence-electron chi connectivity index (χ3n) is 4.60. The number of rotatable bonds is 2. The number of carbonyl (C=O) groups excluding carboxylic acids is 2. The van der Waals surface area contributed by atoms with Gasteiger partial charge in [-0.2, -0.15) is 5.10 Å². The van der Waals surface area contributed by atoms with Crippen molar-refractivity contribution >= 4 is 17.5 Å². The summed E-state index contributed by atoms with van der Waals surface area (Å²) in [5, 5.41) is 4.20. The first-order valence-corrected chi connectivity index (χ1v) is 7.72. The number of imidazole rings is 1. The summed E-state index contributed by atoms with van der Waals surface area (Å²) in [5.41, 5.74) is 8.83. The number of nitrogens with two attached hydrogens (primary N) is 1. The van der Waals surface area contributed by atoms with Crippen molar-refractivity contribution in [2.24, 2.45) is 12.8 Å². The van der Waals surface area contributed by atoms with Gasteiger partial charge in [-0.3, -0.25) is 9.59 Å². The van der Waals surface area contributed by atoms with Crippen LogP contribution < -0.4 is 5.73 Å². The SMILES string of the molecule is Cn1ccn2ncc(C(=O)N3Cc4ccccc4CC3C(N)=O)c12. The number of aromatic nitrogens is 3. The Kier molecular flexibility index (Phi) is 3.16. The molecular formula is C17H17N5O2. The first-order chi connectivity index (χ1) is 11.6. The van der Waals surface area contributed by atoms with E-state index >= 15 is 0 Å². The van der Waals surface area contributed by atoms with Crippen molar-refractivity contribution in [3.63, 3.8) is 0 Å². The Morgan fingerprint density at radius 3 is 2.71 bits per heavy atom. The summed E-state index contributed by atoms with van der Waals surface area (Å²) in [7, 11) is 1.85. The largest absolute Gasteiger partial charge is 0.368 e. The van der Waals surface area contributed by atoms with Gasteiger partial charge in [0.25, 0.3) is 5.91 Å². The molecule has 2 amide bonds. The van der Waals surface area contributed by atoms with Crippen molar-refractivity contribution in [1.29, 1.82) is 0 Å². The summed E-state index contributed by atoms with van der Waals surface area (Å²) in [6.45, 7) is 0.365. The highest BCUT2D eigenvalue weighted by Crippen LogP contribution is 2.26. The van der Waals surface area contributed by atoms with Crippen molar-refractivity contribution in [3.05, 3.63) is 59.5 Å². The van der Waals surface area contributed by atoms with E-state index in [0.717, 1.165) is 11.1 Å². The maximum Gasteiger partial charge on any atom is 0.260 e. The van der Waals surface area contributed by atoms with Crippen LogP contribution in [-0.2, 0) is 24.8 Å². The summed E-state index contributed by atoms with van der Waals surface area (Å²) < 4.78 is 3.47. The zero-order valence-corrected chi connectivity index (χ0v) is 13.2. The van der Waals surface area contributed by atoms with Crippen molar-refractivity contribution in [2.45, 2.75) is 19.0 Å². The molecule has 0 saturated carbocycles. The lowest BCUT2D eigenvalue weighted by Crippen LogP contribution is -2.51. The molecule has 0 radical (unpaired) electrons. The molecule has 0 spiro atoms. The average molecular weight is 323 g/mol. The standard InChI is InChI=1S/C17H17N5O2/c1-20-6-7-22-16(20)13(9-19-22)17(24)21-10-12-5-3-2-4-11(12)8-14(21)15(18)23/h2-7,9,14H,8,10H2,1H3,(H2,18,23). The highest BCUT2D eigenvalue weighted by molar-refractivity contribution is 6.02. The van der Waals surface area contributed by atoms with Crippen LogP contribution in [0.2, 0.25) is 0 Å². The summed E-state index contributed by atoms with van der Waals surface area (Å²) in [6.07, 6.45) is 5.59. The van der Waals surface area contributed by atoms with Gasteiger partial charge in [-0.1, -0.05) is 24.3 Å². The lowest BCUT2D eigenvalue weighted by molar-refractivity contribution is -0.122. The third kappa shape index (κ3) is 2.09. The van der Waals surface area contributed by atoms with Crippen molar-refractivity contribution in [2.75, 3.05) is 0 Å². The second-order valence-corrected chi connectivity index (χ2v) is 6.06. The van der Waals surface area contributed by atoms with Crippen molar-refractivity contribution in [3.8, 4) is 0 Å². The topological polar surface area (TPSA) is 85.6 Å². The zero-order chi connectivity index (χ0) is 16.8. The molecule has 24 heavy (non-hydrogen) atoms. The zero-order valence-electron chi connectivity index (χ0n) is 13.2. The normalized spacial score (nSPS) is 17.0. The smallest absolute Gasteiger partial charge is 0.260 e.